The third-order valence-electron chi connectivity index (χ3n) is 8.87. The lowest BCUT2D eigenvalue weighted by atomic mass is 9.78. The first-order valence-corrected chi connectivity index (χ1v) is 15.1. The molecule has 5 aromatic carbocycles. The number of hydrogen-bond acceptors (Lipinski definition) is 6. The van der Waals surface area contributed by atoms with E-state index < -0.39 is 23.6 Å². The number of aryl methyl sites for hydroxylation is 1. The maximum absolute atomic E-state index is 13.6. The molecular formula is C39H30N2O6. The standard InChI is InChI=1S/C39H30N2O6/c1-23-8-18-31-33(20-23)37(44)40(35(31)42)26-6-5-7-27(21-26)41-36(43)32-19-17-30(22-34(32)38(41)45)47-29-15-11-25(12-16-29)39(2,3)24-9-13-28(46-4)14-10-24/h5-22H,1-4H3. The van der Waals surface area contributed by atoms with Crippen molar-refractivity contribution in [2.75, 3.05) is 16.9 Å². The lowest BCUT2D eigenvalue weighted by Gasteiger charge is -2.26. The molecule has 0 N–H and O–H groups in total. The summed E-state index contributed by atoms with van der Waals surface area (Å²) in [6, 6.07) is 31.9. The van der Waals surface area contributed by atoms with Crippen molar-refractivity contribution in [2.45, 2.75) is 26.2 Å². The molecular weight excluding hydrogens is 592 g/mol. The van der Waals surface area contributed by atoms with Crippen molar-refractivity contribution in [3.8, 4) is 17.2 Å². The minimum absolute atomic E-state index is 0.200. The van der Waals surface area contributed by atoms with E-state index in [0.29, 0.717) is 22.6 Å². The van der Waals surface area contributed by atoms with Crippen molar-refractivity contribution in [1.29, 1.82) is 0 Å². The Balaban J connectivity index is 1.10. The second-order valence-corrected chi connectivity index (χ2v) is 12.1. The zero-order valence-corrected chi connectivity index (χ0v) is 26.2. The van der Waals surface area contributed by atoms with Crippen molar-refractivity contribution in [2.24, 2.45) is 0 Å². The molecule has 8 nitrogen and oxygen atoms in total. The second-order valence-electron chi connectivity index (χ2n) is 12.1. The molecule has 0 unspecified atom stereocenters. The third-order valence-corrected chi connectivity index (χ3v) is 8.87. The molecule has 2 aliphatic rings. The summed E-state index contributed by atoms with van der Waals surface area (Å²) in [5, 5.41) is 0. The van der Waals surface area contributed by atoms with Crippen LogP contribution in [0.3, 0.4) is 0 Å². The molecule has 8 heteroatoms. The summed E-state index contributed by atoms with van der Waals surface area (Å²) < 4.78 is 11.4. The van der Waals surface area contributed by atoms with E-state index in [0.717, 1.165) is 32.2 Å². The molecule has 0 fully saturated rings. The van der Waals surface area contributed by atoms with Crippen LogP contribution in [-0.4, -0.2) is 30.7 Å². The topological polar surface area (TPSA) is 93.2 Å². The summed E-state index contributed by atoms with van der Waals surface area (Å²) in [7, 11) is 1.64. The van der Waals surface area contributed by atoms with Gasteiger partial charge in [0.15, 0.2) is 0 Å². The van der Waals surface area contributed by atoms with Crippen LogP contribution in [0.2, 0.25) is 0 Å². The van der Waals surface area contributed by atoms with Crippen LogP contribution in [0.4, 0.5) is 11.4 Å². The van der Waals surface area contributed by atoms with Gasteiger partial charge in [0.25, 0.3) is 23.6 Å². The minimum atomic E-state index is -0.526. The normalized spacial score (nSPS) is 14.0. The SMILES string of the molecule is COc1ccc(C(C)(C)c2ccc(Oc3ccc4c(c3)C(=O)N(c3cccc(N5C(=O)c6ccc(C)cc6C5=O)c3)C4=O)cc2)cc1. The highest BCUT2D eigenvalue weighted by atomic mass is 16.5. The van der Waals surface area contributed by atoms with Crippen molar-refractivity contribution in [3.63, 3.8) is 0 Å². The summed E-state index contributed by atoms with van der Waals surface area (Å²) in [5.41, 5.74) is 4.43. The van der Waals surface area contributed by atoms with Crippen molar-refractivity contribution >= 4 is 35.0 Å². The maximum atomic E-state index is 13.6. The molecule has 0 saturated carbocycles. The van der Waals surface area contributed by atoms with Crippen LogP contribution >= 0.6 is 0 Å². The minimum Gasteiger partial charge on any atom is -0.497 e. The highest BCUT2D eigenvalue weighted by molar-refractivity contribution is 6.36. The Morgan fingerprint density at radius 2 is 0.979 bits per heavy atom. The molecule has 0 atom stereocenters. The first kappa shape index (κ1) is 29.7. The van der Waals surface area contributed by atoms with E-state index in [4.69, 9.17) is 9.47 Å². The largest absolute Gasteiger partial charge is 0.497 e. The molecule has 0 aliphatic carbocycles. The van der Waals surface area contributed by atoms with Crippen LogP contribution in [-0.2, 0) is 5.41 Å². The molecule has 0 saturated heterocycles. The second kappa shape index (κ2) is 11.1. The summed E-state index contributed by atoms with van der Waals surface area (Å²) in [6.07, 6.45) is 0. The Hall–Kier alpha value is -6.02. The van der Waals surface area contributed by atoms with Gasteiger partial charge in [0.05, 0.1) is 40.7 Å². The quantitative estimate of drug-likeness (QED) is 0.173. The van der Waals surface area contributed by atoms with E-state index in [2.05, 4.69) is 26.0 Å². The average molecular weight is 623 g/mol. The number of amides is 4. The number of rotatable bonds is 7. The van der Waals surface area contributed by atoms with Crippen LogP contribution in [0.1, 0.15) is 72.0 Å². The molecule has 4 amide bonds. The zero-order chi connectivity index (χ0) is 33.0. The number of nitrogens with zero attached hydrogens (tertiary/aromatic N) is 2. The van der Waals surface area contributed by atoms with Gasteiger partial charge in [-0.3, -0.25) is 19.2 Å². The number of benzene rings is 5. The Labute approximate surface area is 271 Å². The lowest BCUT2D eigenvalue weighted by molar-refractivity contribution is 0.0912. The van der Waals surface area contributed by atoms with Gasteiger partial charge in [-0.1, -0.05) is 55.8 Å². The van der Waals surface area contributed by atoms with Crippen molar-refractivity contribution in [3.05, 3.63) is 148 Å². The number of anilines is 2. The van der Waals surface area contributed by atoms with E-state index in [9.17, 15) is 19.2 Å². The molecule has 232 valence electrons. The number of methoxy groups -OCH3 is 1. The van der Waals surface area contributed by atoms with Gasteiger partial charge in [-0.15, -0.1) is 0 Å². The van der Waals surface area contributed by atoms with Crippen molar-refractivity contribution < 1.29 is 28.7 Å². The molecule has 7 rings (SSSR count). The van der Waals surface area contributed by atoms with E-state index in [1.54, 1.807) is 61.7 Å². The Kier molecular flexibility index (Phi) is 7.01. The Bertz CT molecular complexity index is 2120. The molecule has 47 heavy (non-hydrogen) atoms. The summed E-state index contributed by atoms with van der Waals surface area (Å²) in [6.45, 7) is 6.15. The molecule has 2 heterocycles. The molecule has 0 spiro atoms. The highest BCUT2D eigenvalue weighted by Crippen LogP contribution is 2.37. The number of imide groups is 2. The van der Waals surface area contributed by atoms with Gasteiger partial charge >= 0.3 is 0 Å². The molecule has 0 bridgehead atoms. The zero-order valence-electron chi connectivity index (χ0n) is 26.2. The monoisotopic (exact) mass is 622 g/mol. The van der Waals surface area contributed by atoms with Crippen molar-refractivity contribution in [1.82, 2.24) is 0 Å². The van der Waals surface area contributed by atoms with E-state index in [-0.39, 0.29) is 27.9 Å². The van der Waals surface area contributed by atoms with Gasteiger partial charge in [-0.2, -0.15) is 0 Å². The van der Waals surface area contributed by atoms with Gasteiger partial charge in [0.1, 0.15) is 17.2 Å². The summed E-state index contributed by atoms with van der Waals surface area (Å²) in [4.78, 5) is 55.5. The first-order valence-electron chi connectivity index (χ1n) is 15.1. The first-order chi connectivity index (χ1) is 22.6. The average Bonchev–Trinajstić information content (AvgIpc) is 3.47. The molecule has 5 aromatic rings. The Morgan fingerprint density at radius 3 is 1.53 bits per heavy atom. The fourth-order valence-electron chi connectivity index (χ4n) is 6.13. The Morgan fingerprint density at radius 1 is 0.511 bits per heavy atom. The number of carbonyl (C=O) groups is 4. The van der Waals surface area contributed by atoms with Crippen LogP contribution in [0.25, 0.3) is 0 Å². The summed E-state index contributed by atoms with van der Waals surface area (Å²) in [5.74, 6) is -0.147. The van der Waals surface area contributed by atoms with Crippen LogP contribution < -0.4 is 19.3 Å². The van der Waals surface area contributed by atoms with Gasteiger partial charge < -0.3 is 9.47 Å². The lowest BCUT2D eigenvalue weighted by Crippen LogP contribution is -2.31. The third kappa shape index (κ3) is 4.95. The number of fused-ring (bicyclic) bond motifs is 2. The van der Waals surface area contributed by atoms with E-state index in [1.165, 1.54) is 6.07 Å². The van der Waals surface area contributed by atoms with Gasteiger partial charge in [0, 0.05) is 5.41 Å². The molecule has 2 aliphatic heterocycles. The van der Waals surface area contributed by atoms with Crippen LogP contribution in [0, 0.1) is 6.92 Å². The predicted octanol–water partition coefficient (Wildman–Crippen LogP) is 7.72. The number of ether oxygens (including phenoxy) is 2. The molecule has 0 aromatic heterocycles. The highest BCUT2D eigenvalue weighted by Gasteiger charge is 2.39. The van der Waals surface area contributed by atoms with Gasteiger partial charge in [0.2, 0.25) is 0 Å². The van der Waals surface area contributed by atoms with Crippen LogP contribution in [0.15, 0.2) is 109 Å². The summed E-state index contributed by atoms with van der Waals surface area (Å²) >= 11 is 0. The number of hydrogen-bond donors (Lipinski definition) is 0. The number of carbonyl (C=O) groups excluding carboxylic acids is 4. The fraction of sp³-hybridized carbons (Fsp3) is 0.128. The smallest absolute Gasteiger partial charge is 0.266 e. The predicted molar refractivity (Wildman–Crippen MR) is 178 cm³/mol. The van der Waals surface area contributed by atoms with E-state index in [1.807, 2.05) is 43.3 Å². The van der Waals surface area contributed by atoms with Crippen LogP contribution in [0.5, 0.6) is 17.2 Å². The van der Waals surface area contributed by atoms with E-state index >= 15 is 0 Å². The van der Waals surface area contributed by atoms with Gasteiger partial charge in [-0.05, 0) is 90.8 Å². The fourth-order valence-corrected chi connectivity index (χ4v) is 6.13. The molecule has 0 radical (unpaired) electrons. The van der Waals surface area contributed by atoms with Gasteiger partial charge in [-0.25, -0.2) is 9.80 Å². The maximum Gasteiger partial charge on any atom is 0.266 e.